The molecule has 0 saturated carbocycles. The molecule has 8 heteroatoms. The van der Waals surface area contributed by atoms with Crippen molar-refractivity contribution in [2.24, 2.45) is 7.05 Å². The first-order valence-corrected chi connectivity index (χ1v) is 9.78. The van der Waals surface area contributed by atoms with Crippen molar-refractivity contribution in [3.05, 3.63) is 35.4 Å². The van der Waals surface area contributed by atoms with Gasteiger partial charge >= 0.3 is 0 Å². The first kappa shape index (κ1) is 17.0. The highest BCUT2D eigenvalue weighted by atomic mass is 32.2. The summed E-state index contributed by atoms with van der Waals surface area (Å²) in [5.74, 6) is 0.855. The van der Waals surface area contributed by atoms with Crippen molar-refractivity contribution >= 4 is 11.8 Å². The van der Waals surface area contributed by atoms with E-state index in [1.165, 1.54) is 11.1 Å². The Morgan fingerprint density at radius 1 is 1.36 bits per heavy atom. The van der Waals surface area contributed by atoms with Crippen molar-refractivity contribution in [1.29, 1.82) is 0 Å². The molecule has 1 aromatic carbocycles. The molecule has 0 amide bonds. The van der Waals surface area contributed by atoms with E-state index in [-0.39, 0.29) is 17.6 Å². The van der Waals surface area contributed by atoms with Crippen LogP contribution >= 0.6 is 11.8 Å². The number of piperidine rings is 1. The van der Waals surface area contributed by atoms with Gasteiger partial charge in [0.2, 0.25) is 5.16 Å². The van der Waals surface area contributed by atoms with Gasteiger partial charge in [0, 0.05) is 24.8 Å². The number of fused-ring (bicyclic) bond motifs is 2. The third-order valence-electron chi connectivity index (χ3n) is 5.49. The smallest absolute Gasteiger partial charge is 0.209 e. The zero-order chi connectivity index (χ0) is 17.3. The molecule has 7 nitrogen and oxygen atoms in total. The average Bonchev–Trinajstić information content (AvgIpc) is 3.15. The van der Waals surface area contributed by atoms with Gasteiger partial charge in [-0.2, -0.15) is 0 Å². The van der Waals surface area contributed by atoms with Crippen LogP contribution in [0.4, 0.5) is 0 Å². The summed E-state index contributed by atoms with van der Waals surface area (Å²) in [7, 11) is 1.84. The highest BCUT2D eigenvalue weighted by molar-refractivity contribution is 7.99. The Hall–Kier alpha value is -1.48. The fraction of sp³-hybridized carbons (Fsp3) is 0.588. The minimum absolute atomic E-state index is 0.00692. The van der Waals surface area contributed by atoms with E-state index < -0.39 is 0 Å². The molecule has 2 aliphatic rings. The Labute approximate surface area is 151 Å². The number of aromatic nitrogens is 4. The lowest BCUT2D eigenvalue weighted by molar-refractivity contribution is 0.0450. The molecule has 1 fully saturated rings. The van der Waals surface area contributed by atoms with Crippen molar-refractivity contribution in [2.45, 2.75) is 35.6 Å². The van der Waals surface area contributed by atoms with Crippen molar-refractivity contribution in [1.82, 2.24) is 30.8 Å². The highest BCUT2D eigenvalue weighted by Crippen LogP contribution is 2.49. The maximum atomic E-state index is 11.2. The number of tetrazole rings is 1. The summed E-state index contributed by atoms with van der Waals surface area (Å²) in [5, 5.41) is 30.5. The minimum Gasteiger partial charge on any atom is -0.390 e. The van der Waals surface area contributed by atoms with Crippen molar-refractivity contribution in [2.75, 3.05) is 25.4 Å². The molecule has 25 heavy (non-hydrogen) atoms. The summed E-state index contributed by atoms with van der Waals surface area (Å²) in [4.78, 5) is 0. The van der Waals surface area contributed by atoms with E-state index in [0.717, 1.165) is 43.4 Å². The number of benzene rings is 1. The molecular formula is C17H24N6OS. The van der Waals surface area contributed by atoms with E-state index in [1.807, 2.05) is 7.05 Å². The van der Waals surface area contributed by atoms with E-state index in [4.69, 9.17) is 0 Å². The monoisotopic (exact) mass is 360 g/mol. The van der Waals surface area contributed by atoms with E-state index in [2.05, 4.69) is 50.4 Å². The molecule has 1 aliphatic heterocycles. The molecule has 1 saturated heterocycles. The molecule has 134 valence electrons. The summed E-state index contributed by atoms with van der Waals surface area (Å²) in [6, 6.07) is 8.51. The summed E-state index contributed by atoms with van der Waals surface area (Å²) in [6.07, 6.45) is 1.60. The SMILES string of the molecule is Cn1nnnc1SCCN[C@H]1c2ccccc2C2(CCNCC2)[C@@H]1O. The van der Waals surface area contributed by atoms with Crippen LogP contribution in [0.1, 0.15) is 30.0 Å². The van der Waals surface area contributed by atoms with Gasteiger partial charge in [-0.1, -0.05) is 36.0 Å². The van der Waals surface area contributed by atoms with Gasteiger partial charge in [-0.05, 0) is 47.5 Å². The van der Waals surface area contributed by atoms with Crippen LogP contribution in [0.15, 0.2) is 29.4 Å². The van der Waals surface area contributed by atoms with E-state index in [0.29, 0.717) is 0 Å². The van der Waals surface area contributed by atoms with Crippen molar-refractivity contribution < 1.29 is 5.11 Å². The number of nitrogens with zero attached hydrogens (tertiary/aromatic N) is 4. The number of aryl methyl sites for hydroxylation is 1. The fourth-order valence-corrected chi connectivity index (χ4v) is 4.95. The number of hydrogen-bond donors (Lipinski definition) is 3. The Morgan fingerprint density at radius 2 is 2.16 bits per heavy atom. The lowest BCUT2D eigenvalue weighted by Gasteiger charge is -2.39. The summed E-state index contributed by atoms with van der Waals surface area (Å²) >= 11 is 1.62. The quantitative estimate of drug-likeness (QED) is 0.532. The van der Waals surface area contributed by atoms with Gasteiger partial charge in [0.25, 0.3) is 0 Å². The van der Waals surface area contributed by atoms with Crippen molar-refractivity contribution in [3.8, 4) is 0 Å². The third kappa shape index (κ3) is 2.97. The van der Waals surface area contributed by atoms with Gasteiger partial charge in [0.1, 0.15) is 0 Å². The first-order chi connectivity index (χ1) is 12.2. The van der Waals surface area contributed by atoms with E-state index in [9.17, 15) is 5.11 Å². The van der Waals surface area contributed by atoms with Crippen LogP contribution < -0.4 is 10.6 Å². The Kier molecular flexibility index (Phi) is 4.77. The molecule has 2 heterocycles. The van der Waals surface area contributed by atoms with Crippen LogP contribution in [-0.4, -0.2) is 56.8 Å². The number of nitrogens with one attached hydrogen (secondary N) is 2. The first-order valence-electron chi connectivity index (χ1n) is 8.79. The maximum Gasteiger partial charge on any atom is 0.209 e. The highest BCUT2D eigenvalue weighted by Gasteiger charge is 2.51. The third-order valence-corrected chi connectivity index (χ3v) is 6.50. The van der Waals surface area contributed by atoms with Crippen molar-refractivity contribution in [3.63, 3.8) is 0 Å². The summed E-state index contributed by atoms with van der Waals surface area (Å²) in [6.45, 7) is 2.72. The topological polar surface area (TPSA) is 87.9 Å². The van der Waals surface area contributed by atoms with E-state index >= 15 is 0 Å². The standard InChI is InChI=1S/C17H24N6OS/c1-23-16(20-21-22-23)25-11-10-19-14-12-4-2-3-5-13(12)17(15(14)24)6-8-18-9-7-17/h2-5,14-15,18-19,24H,6-11H2,1H3/t14-,15+/m0/s1. The second-order valence-corrected chi connectivity index (χ2v) is 7.87. The molecule has 0 radical (unpaired) electrons. The Bertz CT molecular complexity index is 729. The number of hydrogen-bond acceptors (Lipinski definition) is 7. The van der Waals surface area contributed by atoms with Crippen LogP contribution in [-0.2, 0) is 12.5 Å². The fourth-order valence-electron chi connectivity index (χ4n) is 4.23. The minimum atomic E-state index is -0.381. The second kappa shape index (κ2) is 7.03. The van der Waals surface area contributed by atoms with Crippen LogP contribution in [0.2, 0.25) is 0 Å². The normalized spacial score (nSPS) is 24.6. The summed E-state index contributed by atoms with van der Waals surface area (Å²) in [5.41, 5.74) is 2.47. The number of rotatable bonds is 5. The Balaban J connectivity index is 1.45. The van der Waals surface area contributed by atoms with Gasteiger partial charge in [-0.25, -0.2) is 4.68 Å². The molecule has 0 bridgehead atoms. The van der Waals surface area contributed by atoms with Crippen LogP contribution in [0.5, 0.6) is 0 Å². The average molecular weight is 360 g/mol. The molecule has 1 spiro atoms. The van der Waals surface area contributed by atoms with Crippen LogP contribution in [0, 0.1) is 0 Å². The second-order valence-electron chi connectivity index (χ2n) is 6.80. The number of thioether (sulfide) groups is 1. The predicted octanol–water partition coefficient (Wildman–Crippen LogP) is 0.629. The molecule has 2 atom stereocenters. The molecule has 1 aromatic heterocycles. The van der Waals surface area contributed by atoms with Gasteiger partial charge in [-0.15, -0.1) is 5.10 Å². The number of aliphatic hydroxyl groups excluding tert-OH is 1. The molecule has 3 N–H and O–H groups in total. The predicted molar refractivity (Wildman–Crippen MR) is 96.5 cm³/mol. The number of aliphatic hydroxyl groups is 1. The van der Waals surface area contributed by atoms with E-state index in [1.54, 1.807) is 16.4 Å². The van der Waals surface area contributed by atoms with Gasteiger partial charge in [0.15, 0.2) is 0 Å². The molecule has 0 unspecified atom stereocenters. The maximum absolute atomic E-state index is 11.2. The molecule has 1 aliphatic carbocycles. The Morgan fingerprint density at radius 3 is 2.92 bits per heavy atom. The largest absolute Gasteiger partial charge is 0.390 e. The molecule has 2 aromatic rings. The lowest BCUT2D eigenvalue weighted by Crippen LogP contribution is -2.48. The summed E-state index contributed by atoms with van der Waals surface area (Å²) < 4.78 is 1.68. The van der Waals surface area contributed by atoms with Gasteiger partial charge in [-0.3, -0.25) is 0 Å². The zero-order valence-electron chi connectivity index (χ0n) is 14.4. The zero-order valence-corrected chi connectivity index (χ0v) is 15.2. The van der Waals surface area contributed by atoms with Crippen LogP contribution in [0.3, 0.4) is 0 Å². The molecule has 4 rings (SSSR count). The van der Waals surface area contributed by atoms with Gasteiger partial charge < -0.3 is 15.7 Å². The van der Waals surface area contributed by atoms with Gasteiger partial charge in [0.05, 0.1) is 12.1 Å². The van der Waals surface area contributed by atoms with Crippen LogP contribution in [0.25, 0.3) is 0 Å². The molecular weight excluding hydrogens is 336 g/mol. The lowest BCUT2D eigenvalue weighted by atomic mass is 9.72.